The minimum absolute atomic E-state index is 0.108. The largest absolute Gasteiger partial charge is 0.467 e. The number of amides is 1. The molecule has 0 spiro atoms. The van der Waals surface area contributed by atoms with Crippen molar-refractivity contribution in [2.24, 2.45) is 0 Å². The number of fused-ring (bicyclic) bond motifs is 1. The number of benzene rings is 2. The minimum Gasteiger partial charge on any atom is -0.467 e. The van der Waals surface area contributed by atoms with Crippen LogP contribution in [0.3, 0.4) is 0 Å². The van der Waals surface area contributed by atoms with Gasteiger partial charge in [0.1, 0.15) is 5.76 Å². The molecule has 1 heterocycles. The van der Waals surface area contributed by atoms with Gasteiger partial charge in [0.05, 0.1) is 12.3 Å². The lowest BCUT2D eigenvalue weighted by Crippen LogP contribution is -2.26. The molecule has 4 heteroatoms. The molecule has 1 unspecified atom stereocenters. The molecule has 1 N–H and O–H groups in total. The van der Waals surface area contributed by atoms with E-state index in [4.69, 9.17) is 4.42 Å². The van der Waals surface area contributed by atoms with E-state index in [0.29, 0.717) is 5.56 Å². The van der Waals surface area contributed by atoms with Gasteiger partial charge in [-0.2, -0.15) is 0 Å². The summed E-state index contributed by atoms with van der Waals surface area (Å²) in [7, 11) is 0. The Hall–Kier alpha value is -2.07. The summed E-state index contributed by atoms with van der Waals surface area (Å²) in [5, 5.41) is 5.07. The number of rotatable bonds is 3. The number of nitrogens with one attached hydrogen (secondary N) is 1. The Kier molecular flexibility index (Phi) is 3.80. The van der Waals surface area contributed by atoms with Crippen LogP contribution in [-0.2, 0) is 0 Å². The highest BCUT2D eigenvalue weighted by Gasteiger charge is 2.13. The van der Waals surface area contributed by atoms with Crippen LogP contribution in [0.1, 0.15) is 29.1 Å². The lowest BCUT2D eigenvalue weighted by atomic mass is 10.1. The first-order valence-corrected chi connectivity index (χ1v) is 7.46. The van der Waals surface area contributed by atoms with Crippen LogP contribution in [0, 0.1) is 0 Å². The molecule has 0 bridgehead atoms. The van der Waals surface area contributed by atoms with Crippen molar-refractivity contribution in [3.63, 3.8) is 0 Å². The first-order chi connectivity index (χ1) is 10.1. The third kappa shape index (κ3) is 3.00. The highest BCUT2D eigenvalue weighted by molar-refractivity contribution is 9.10. The number of hydrogen-bond acceptors (Lipinski definition) is 2. The SMILES string of the molecule is CC(NC(=O)c1ccc2cc(Br)ccc2c1)c1ccco1. The van der Waals surface area contributed by atoms with Crippen LogP contribution in [0.25, 0.3) is 10.8 Å². The molecule has 106 valence electrons. The van der Waals surface area contributed by atoms with Crippen molar-refractivity contribution >= 4 is 32.6 Å². The second-order valence-electron chi connectivity index (χ2n) is 4.92. The molecule has 2 aromatic carbocycles. The maximum Gasteiger partial charge on any atom is 0.251 e. The molecular formula is C17H14BrNO2. The molecule has 0 aliphatic rings. The molecule has 0 aliphatic carbocycles. The van der Waals surface area contributed by atoms with Crippen molar-refractivity contribution in [2.75, 3.05) is 0 Å². The molecule has 1 atom stereocenters. The van der Waals surface area contributed by atoms with Gasteiger partial charge in [-0.25, -0.2) is 0 Å². The molecule has 0 aliphatic heterocycles. The standard InChI is InChI=1S/C17H14BrNO2/c1-11(16-3-2-8-21-16)19-17(20)14-5-4-13-10-15(18)7-6-12(13)9-14/h2-11H,1H3,(H,19,20). The van der Waals surface area contributed by atoms with Crippen LogP contribution in [0.4, 0.5) is 0 Å². The molecule has 3 nitrogen and oxygen atoms in total. The summed E-state index contributed by atoms with van der Waals surface area (Å²) in [6, 6.07) is 15.2. The normalized spacial score (nSPS) is 12.3. The maximum atomic E-state index is 12.3. The number of hydrogen-bond donors (Lipinski definition) is 1. The molecule has 1 aromatic heterocycles. The van der Waals surface area contributed by atoms with E-state index in [1.807, 2.05) is 55.5 Å². The molecule has 21 heavy (non-hydrogen) atoms. The maximum absolute atomic E-state index is 12.3. The number of furan rings is 1. The third-order valence-corrected chi connectivity index (χ3v) is 3.88. The summed E-state index contributed by atoms with van der Waals surface area (Å²) >= 11 is 3.44. The summed E-state index contributed by atoms with van der Waals surface area (Å²) in [4.78, 5) is 12.3. The van der Waals surface area contributed by atoms with Crippen molar-refractivity contribution in [3.8, 4) is 0 Å². The quantitative estimate of drug-likeness (QED) is 0.749. The zero-order valence-electron chi connectivity index (χ0n) is 11.5. The number of halogens is 1. The highest BCUT2D eigenvalue weighted by atomic mass is 79.9. The fourth-order valence-corrected chi connectivity index (χ4v) is 2.63. The first-order valence-electron chi connectivity index (χ1n) is 6.67. The average molecular weight is 344 g/mol. The Morgan fingerprint density at radius 2 is 1.90 bits per heavy atom. The highest BCUT2D eigenvalue weighted by Crippen LogP contribution is 2.21. The smallest absolute Gasteiger partial charge is 0.251 e. The van der Waals surface area contributed by atoms with Crippen LogP contribution in [-0.4, -0.2) is 5.91 Å². The monoisotopic (exact) mass is 343 g/mol. The van der Waals surface area contributed by atoms with Gasteiger partial charge in [0, 0.05) is 10.0 Å². The first kappa shape index (κ1) is 13.9. The molecule has 3 aromatic rings. The van der Waals surface area contributed by atoms with Crippen molar-refractivity contribution in [1.82, 2.24) is 5.32 Å². The average Bonchev–Trinajstić information content (AvgIpc) is 3.01. The Morgan fingerprint density at radius 3 is 2.67 bits per heavy atom. The summed E-state index contributed by atoms with van der Waals surface area (Å²) in [6.07, 6.45) is 1.60. The van der Waals surface area contributed by atoms with Crippen LogP contribution in [0.15, 0.2) is 63.7 Å². The second-order valence-corrected chi connectivity index (χ2v) is 5.83. The van der Waals surface area contributed by atoms with Crippen molar-refractivity contribution in [3.05, 3.63) is 70.6 Å². The van der Waals surface area contributed by atoms with Gasteiger partial charge in [-0.1, -0.05) is 28.1 Å². The fourth-order valence-electron chi connectivity index (χ4n) is 2.25. The predicted octanol–water partition coefficient (Wildman–Crippen LogP) is 4.69. The topological polar surface area (TPSA) is 42.2 Å². The summed E-state index contributed by atoms with van der Waals surface area (Å²) in [6.45, 7) is 1.90. The van der Waals surface area contributed by atoms with Gasteiger partial charge in [0.25, 0.3) is 5.91 Å². The van der Waals surface area contributed by atoms with E-state index in [1.165, 1.54) is 0 Å². The van der Waals surface area contributed by atoms with Crippen molar-refractivity contribution < 1.29 is 9.21 Å². The van der Waals surface area contributed by atoms with Crippen LogP contribution in [0.5, 0.6) is 0 Å². The Labute approximate surface area is 131 Å². The van der Waals surface area contributed by atoms with Gasteiger partial charge in [0.15, 0.2) is 0 Å². The third-order valence-electron chi connectivity index (χ3n) is 3.38. The minimum atomic E-state index is -0.159. The van der Waals surface area contributed by atoms with Gasteiger partial charge in [-0.3, -0.25) is 4.79 Å². The van der Waals surface area contributed by atoms with E-state index in [2.05, 4.69) is 21.2 Å². The zero-order valence-corrected chi connectivity index (χ0v) is 13.1. The Balaban J connectivity index is 1.83. The van der Waals surface area contributed by atoms with E-state index >= 15 is 0 Å². The van der Waals surface area contributed by atoms with Crippen LogP contribution in [0.2, 0.25) is 0 Å². The van der Waals surface area contributed by atoms with Gasteiger partial charge >= 0.3 is 0 Å². The lowest BCUT2D eigenvalue weighted by molar-refractivity contribution is 0.0935. The Bertz CT molecular complexity index is 781. The van der Waals surface area contributed by atoms with Gasteiger partial charge in [0.2, 0.25) is 0 Å². The molecule has 0 radical (unpaired) electrons. The molecule has 0 fully saturated rings. The van der Waals surface area contributed by atoms with E-state index < -0.39 is 0 Å². The van der Waals surface area contributed by atoms with E-state index in [-0.39, 0.29) is 11.9 Å². The zero-order chi connectivity index (χ0) is 14.8. The predicted molar refractivity (Wildman–Crippen MR) is 86.2 cm³/mol. The molecule has 0 saturated carbocycles. The van der Waals surface area contributed by atoms with Gasteiger partial charge in [-0.15, -0.1) is 0 Å². The van der Waals surface area contributed by atoms with Crippen molar-refractivity contribution in [2.45, 2.75) is 13.0 Å². The molecular weight excluding hydrogens is 330 g/mol. The van der Waals surface area contributed by atoms with Crippen LogP contribution >= 0.6 is 15.9 Å². The number of carbonyl (C=O) groups is 1. The number of carbonyl (C=O) groups excluding carboxylic acids is 1. The second kappa shape index (κ2) is 5.74. The Morgan fingerprint density at radius 1 is 1.14 bits per heavy atom. The van der Waals surface area contributed by atoms with E-state index in [0.717, 1.165) is 21.0 Å². The molecule has 0 saturated heterocycles. The van der Waals surface area contributed by atoms with Crippen molar-refractivity contribution in [1.29, 1.82) is 0 Å². The van der Waals surface area contributed by atoms with E-state index in [9.17, 15) is 4.79 Å². The van der Waals surface area contributed by atoms with Crippen LogP contribution < -0.4 is 5.32 Å². The van der Waals surface area contributed by atoms with Gasteiger partial charge < -0.3 is 9.73 Å². The summed E-state index contributed by atoms with van der Waals surface area (Å²) < 4.78 is 6.32. The molecule has 3 rings (SSSR count). The molecule has 1 amide bonds. The van der Waals surface area contributed by atoms with E-state index in [1.54, 1.807) is 6.26 Å². The summed E-state index contributed by atoms with van der Waals surface area (Å²) in [5.74, 6) is 0.636. The fraction of sp³-hybridized carbons (Fsp3) is 0.118. The lowest BCUT2D eigenvalue weighted by Gasteiger charge is -2.12. The van der Waals surface area contributed by atoms with Gasteiger partial charge in [-0.05, 0) is 54.1 Å². The summed E-state index contributed by atoms with van der Waals surface area (Å²) in [5.41, 5.74) is 0.642.